The van der Waals surface area contributed by atoms with E-state index in [9.17, 15) is 4.79 Å². The summed E-state index contributed by atoms with van der Waals surface area (Å²) in [4.78, 5) is 16.9. The van der Waals surface area contributed by atoms with Crippen molar-refractivity contribution in [1.29, 1.82) is 0 Å². The summed E-state index contributed by atoms with van der Waals surface area (Å²) in [7, 11) is 0. The second-order valence-electron chi connectivity index (χ2n) is 5.99. The number of fused-ring (bicyclic) bond motifs is 2. The van der Waals surface area contributed by atoms with Crippen molar-refractivity contribution >= 4 is 16.9 Å². The Morgan fingerprint density at radius 2 is 1.88 bits per heavy atom. The molecule has 3 aromatic rings. The first-order valence-corrected chi connectivity index (χ1v) is 8.28. The molecule has 0 atom stereocenters. The summed E-state index contributed by atoms with van der Waals surface area (Å²) in [6, 6.07) is 13.6. The number of ether oxygens (including phenoxy) is 2. The van der Waals surface area contributed by atoms with Gasteiger partial charge in [-0.1, -0.05) is 30.3 Å². The van der Waals surface area contributed by atoms with Crippen LogP contribution in [0.1, 0.15) is 11.4 Å². The fourth-order valence-electron chi connectivity index (χ4n) is 2.98. The first kappa shape index (κ1) is 15.5. The number of carbonyl (C=O) groups is 1. The van der Waals surface area contributed by atoms with Crippen molar-refractivity contribution in [2.45, 2.75) is 20.0 Å². The SMILES string of the molecule is Cc1nc2cc3c(cc2n1CC(=O)NCc1ccccc1)OCCO3. The van der Waals surface area contributed by atoms with Gasteiger partial charge in [-0.2, -0.15) is 0 Å². The highest BCUT2D eigenvalue weighted by atomic mass is 16.6. The molecule has 6 nitrogen and oxygen atoms in total. The highest BCUT2D eigenvalue weighted by Crippen LogP contribution is 2.34. The average Bonchev–Trinajstić information content (AvgIpc) is 2.93. The van der Waals surface area contributed by atoms with Crippen LogP contribution in [0.4, 0.5) is 0 Å². The number of benzene rings is 2. The zero-order valence-corrected chi connectivity index (χ0v) is 14.0. The number of aromatic nitrogens is 2. The minimum absolute atomic E-state index is 0.0545. The molecule has 128 valence electrons. The van der Waals surface area contributed by atoms with Crippen molar-refractivity contribution in [1.82, 2.24) is 14.9 Å². The van der Waals surface area contributed by atoms with Gasteiger partial charge in [0, 0.05) is 18.7 Å². The van der Waals surface area contributed by atoms with Crippen LogP contribution in [-0.4, -0.2) is 28.7 Å². The second-order valence-corrected chi connectivity index (χ2v) is 5.99. The van der Waals surface area contributed by atoms with Gasteiger partial charge in [-0.25, -0.2) is 4.98 Å². The van der Waals surface area contributed by atoms with Gasteiger partial charge < -0.3 is 19.4 Å². The van der Waals surface area contributed by atoms with Crippen molar-refractivity contribution in [2.75, 3.05) is 13.2 Å². The lowest BCUT2D eigenvalue weighted by atomic mass is 10.2. The third-order valence-electron chi connectivity index (χ3n) is 4.24. The number of imidazole rings is 1. The first-order valence-electron chi connectivity index (χ1n) is 8.28. The Labute approximate surface area is 145 Å². The molecule has 0 saturated carbocycles. The molecule has 2 heterocycles. The highest BCUT2D eigenvalue weighted by Gasteiger charge is 2.18. The van der Waals surface area contributed by atoms with E-state index in [0.29, 0.717) is 31.3 Å². The molecule has 4 rings (SSSR count). The van der Waals surface area contributed by atoms with E-state index in [1.165, 1.54) is 0 Å². The van der Waals surface area contributed by atoms with Gasteiger partial charge in [-0.05, 0) is 12.5 Å². The first-order chi connectivity index (χ1) is 12.2. The maximum absolute atomic E-state index is 12.4. The van der Waals surface area contributed by atoms with Crippen LogP contribution in [0.2, 0.25) is 0 Å². The number of nitrogens with zero attached hydrogens (tertiary/aromatic N) is 2. The molecule has 0 radical (unpaired) electrons. The van der Waals surface area contributed by atoms with Gasteiger partial charge in [0.05, 0.1) is 11.0 Å². The molecule has 1 amide bonds. The summed E-state index contributed by atoms with van der Waals surface area (Å²) in [6.07, 6.45) is 0. The van der Waals surface area contributed by atoms with E-state index < -0.39 is 0 Å². The van der Waals surface area contributed by atoms with E-state index in [1.54, 1.807) is 0 Å². The predicted molar refractivity (Wildman–Crippen MR) is 93.7 cm³/mol. The number of rotatable bonds is 4. The van der Waals surface area contributed by atoms with Crippen LogP contribution in [0.15, 0.2) is 42.5 Å². The van der Waals surface area contributed by atoms with Crippen LogP contribution in [-0.2, 0) is 17.9 Å². The highest BCUT2D eigenvalue weighted by molar-refractivity contribution is 5.83. The van der Waals surface area contributed by atoms with Crippen LogP contribution in [0, 0.1) is 6.92 Å². The molecule has 1 aromatic heterocycles. The van der Waals surface area contributed by atoms with Crippen LogP contribution in [0.3, 0.4) is 0 Å². The minimum Gasteiger partial charge on any atom is -0.486 e. The van der Waals surface area contributed by atoms with E-state index in [4.69, 9.17) is 9.47 Å². The van der Waals surface area contributed by atoms with Gasteiger partial charge in [-0.15, -0.1) is 0 Å². The van der Waals surface area contributed by atoms with Gasteiger partial charge in [0.25, 0.3) is 0 Å². The summed E-state index contributed by atoms with van der Waals surface area (Å²) < 4.78 is 13.1. The lowest BCUT2D eigenvalue weighted by Crippen LogP contribution is -2.27. The van der Waals surface area contributed by atoms with Crippen molar-refractivity contribution in [3.05, 3.63) is 53.9 Å². The quantitative estimate of drug-likeness (QED) is 0.794. The van der Waals surface area contributed by atoms with Gasteiger partial charge in [0.1, 0.15) is 25.6 Å². The smallest absolute Gasteiger partial charge is 0.240 e. The lowest BCUT2D eigenvalue weighted by molar-refractivity contribution is -0.121. The molecule has 0 unspecified atom stereocenters. The fraction of sp³-hybridized carbons (Fsp3) is 0.263. The van der Waals surface area contributed by atoms with Gasteiger partial charge in [0.15, 0.2) is 11.5 Å². The largest absolute Gasteiger partial charge is 0.486 e. The zero-order chi connectivity index (χ0) is 17.2. The predicted octanol–water partition coefficient (Wildman–Crippen LogP) is 2.43. The molecule has 1 aliphatic heterocycles. The normalized spacial score (nSPS) is 13.0. The summed E-state index contributed by atoms with van der Waals surface area (Å²) in [5, 5.41) is 2.95. The fourth-order valence-corrected chi connectivity index (χ4v) is 2.98. The standard InChI is InChI=1S/C19H19N3O3/c1-13-21-15-9-17-18(25-8-7-24-17)10-16(15)22(13)12-19(23)20-11-14-5-3-2-4-6-14/h2-6,9-10H,7-8,11-12H2,1H3,(H,20,23). The molecule has 0 spiro atoms. The van der Waals surface area contributed by atoms with Gasteiger partial charge in [-0.3, -0.25) is 4.79 Å². The van der Waals surface area contributed by atoms with Gasteiger partial charge in [0.2, 0.25) is 5.91 Å². The average molecular weight is 337 g/mol. The molecule has 0 aliphatic carbocycles. The lowest BCUT2D eigenvalue weighted by Gasteiger charge is -2.18. The van der Waals surface area contributed by atoms with E-state index in [0.717, 1.165) is 22.4 Å². The second kappa shape index (κ2) is 6.47. The zero-order valence-electron chi connectivity index (χ0n) is 14.0. The van der Waals surface area contributed by atoms with Crippen LogP contribution >= 0.6 is 0 Å². The Hall–Kier alpha value is -3.02. The Morgan fingerprint density at radius 1 is 1.16 bits per heavy atom. The molecular formula is C19H19N3O3. The minimum atomic E-state index is -0.0545. The van der Waals surface area contributed by atoms with Crippen molar-refractivity contribution in [3.8, 4) is 11.5 Å². The molecule has 25 heavy (non-hydrogen) atoms. The molecule has 6 heteroatoms. The third-order valence-corrected chi connectivity index (χ3v) is 4.24. The van der Waals surface area contributed by atoms with Crippen molar-refractivity contribution in [3.63, 3.8) is 0 Å². The maximum Gasteiger partial charge on any atom is 0.240 e. The summed E-state index contributed by atoms with van der Waals surface area (Å²) in [6.45, 7) is 3.70. The molecule has 0 saturated heterocycles. The Kier molecular flexibility index (Phi) is 4.01. The molecule has 1 N–H and O–H groups in total. The number of carbonyl (C=O) groups excluding carboxylic acids is 1. The maximum atomic E-state index is 12.4. The summed E-state index contributed by atoms with van der Waals surface area (Å²) in [5.41, 5.74) is 2.75. The Morgan fingerprint density at radius 3 is 2.64 bits per heavy atom. The number of amides is 1. The molecular weight excluding hydrogens is 318 g/mol. The van der Waals surface area contributed by atoms with Crippen LogP contribution in [0.5, 0.6) is 11.5 Å². The number of hydrogen-bond acceptors (Lipinski definition) is 4. The third kappa shape index (κ3) is 3.15. The molecule has 1 aliphatic rings. The van der Waals surface area contributed by atoms with E-state index in [-0.39, 0.29) is 12.5 Å². The van der Waals surface area contributed by atoms with Crippen LogP contribution < -0.4 is 14.8 Å². The van der Waals surface area contributed by atoms with Gasteiger partial charge >= 0.3 is 0 Å². The van der Waals surface area contributed by atoms with Crippen molar-refractivity contribution in [2.24, 2.45) is 0 Å². The van der Waals surface area contributed by atoms with E-state index >= 15 is 0 Å². The van der Waals surface area contributed by atoms with Crippen molar-refractivity contribution < 1.29 is 14.3 Å². The molecule has 2 aromatic carbocycles. The summed E-state index contributed by atoms with van der Waals surface area (Å²) in [5.74, 6) is 2.13. The topological polar surface area (TPSA) is 65.4 Å². The Balaban J connectivity index is 1.54. The number of aryl methyl sites for hydroxylation is 1. The van der Waals surface area contributed by atoms with Crippen LogP contribution in [0.25, 0.3) is 11.0 Å². The molecule has 0 bridgehead atoms. The van der Waals surface area contributed by atoms with E-state index in [2.05, 4.69) is 10.3 Å². The number of nitrogens with one attached hydrogen (secondary N) is 1. The summed E-state index contributed by atoms with van der Waals surface area (Å²) >= 11 is 0. The number of hydrogen-bond donors (Lipinski definition) is 1. The Bertz CT molecular complexity index is 919. The monoisotopic (exact) mass is 337 g/mol. The van der Waals surface area contributed by atoms with E-state index in [1.807, 2.05) is 54.0 Å². The molecule has 0 fully saturated rings.